The van der Waals surface area contributed by atoms with Crippen molar-refractivity contribution in [2.24, 2.45) is 0 Å². The van der Waals surface area contributed by atoms with Gasteiger partial charge in [0.05, 0.1) is 25.7 Å². The molecule has 0 radical (unpaired) electrons. The van der Waals surface area contributed by atoms with E-state index in [1.807, 2.05) is 58.0 Å². The molecule has 0 unspecified atom stereocenters. The second-order valence-corrected chi connectivity index (χ2v) is 4.69. The maximum atomic E-state index is 5.38. The van der Waals surface area contributed by atoms with Gasteiger partial charge < -0.3 is 9.78 Å². The topological polar surface area (TPSA) is 55.4 Å². The lowest BCUT2D eigenvalue weighted by atomic mass is 9.99. The lowest BCUT2D eigenvalue weighted by molar-refractivity contribution is -0.314. The van der Waals surface area contributed by atoms with Crippen LogP contribution in [0.1, 0.15) is 39.2 Å². The number of benzene rings is 1. The molecule has 0 aliphatic heterocycles. The van der Waals surface area contributed by atoms with E-state index in [1.54, 1.807) is 0 Å². The predicted molar refractivity (Wildman–Crippen MR) is 88.4 cm³/mol. The lowest BCUT2D eigenvalue weighted by Crippen LogP contribution is -2.07. The van der Waals surface area contributed by atoms with Gasteiger partial charge in [-0.15, -0.1) is 0 Å². The molecule has 0 fully saturated rings. The van der Waals surface area contributed by atoms with Crippen molar-refractivity contribution in [3.63, 3.8) is 0 Å². The minimum atomic E-state index is -0.0925. The predicted octanol–water partition coefficient (Wildman–Crippen LogP) is 4.06. The highest BCUT2D eigenvalue weighted by atomic mass is 17.2. The molecule has 0 saturated carbocycles. The summed E-state index contributed by atoms with van der Waals surface area (Å²) in [4.78, 5) is 30.5. The zero-order valence-corrected chi connectivity index (χ0v) is 14.7. The zero-order valence-electron chi connectivity index (χ0n) is 14.7. The summed E-state index contributed by atoms with van der Waals surface area (Å²) in [5.74, 6) is 0.658. The van der Waals surface area contributed by atoms with Crippen LogP contribution in [0.15, 0.2) is 47.6 Å². The third-order valence-electron chi connectivity index (χ3n) is 2.89. The Balaban J connectivity index is 3.06. The fourth-order valence-corrected chi connectivity index (χ4v) is 1.74. The van der Waals surface area contributed by atoms with E-state index in [4.69, 9.17) is 29.3 Å². The Morgan fingerprint density at radius 2 is 1.50 bits per heavy atom. The van der Waals surface area contributed by atoms with Crippen molar-refractivity contribution in [3.8, 4) is 0 Å². The van der Waals surface area contributed by atoms with Crippen LogP contribution in [0.2, 0.25) is 0 Å². The van der Waals surface area contributed by atoms with Gasteiger partial charge in [0.1, 0.15) is 0 Å². The number of hydrogen-bond acceptors (Lipinski definition) is 6. The van der Waals surface area contributed by atoms with Gasteiger partial charge in [-0.05, 0) is 32.1 Å². The van der Waals surface area contributed by atoms with Crippen LogP contribution in [0.5, 0.6) is 0 Å². The summed E-state index contributed by atoms with van der Waals surface area (Å²) in [5.41, 5.74) is 4.07. The second kappa shape index (κ2) is 12.6. The molecule has 0 aromatic heterocycles. The molecular formula is C18H26O6. The van der Waals surface area contributed by atoms with Crippen LogP contribution in [0.3, 0.4) is 0 Å². The highest BCUT2D eigenvalue weighted by Gasteiger charge is 2.15. The van der Waals surface area contributed by atoms with Crippen LogP contribution >= 0.6 is 0 Å². The van der Waals surface area contributed by atoms with Gasteiger partial charge in [0.15, 0.2) is 12.4 Å². The summed E-state index contributed by atoms with van der Waals surface area (Å²) < 4.78 is 0. The first kappa shape index (κ1) is 20.2. The Bertz CT molecular complexity index is 508. The molecular weight excluding hydrogens is 312 g/mol. The Kier molecular flexibility index (Phi) is 10.6. The van der Waals surface area contributed by atoms with Crippen LogP contribution in [-0.2, 0) is 29.3 Å². The van der Waals surface area contributed by atoms with Crippen molar-refractivity contribution in [1.29, 1.82) is 0 Å². The summed E-state index contributed by atoms with van der Waals surface area (Å²) in [6, 6.07) is 9.88. The Morgan fingerprint density at radius 1 is 0.875 bits per heavy atom. The first-order valence-corrected chi connectivity index (χ1v) is 8.10. The monoisotopic (exact) mass is 338 g/mol. The molecule has 0 aliphatic carbocycles. The number of hydrogen-bond donors (Lipinski definition) is 0. The SMILES string of the molecule is CCOOCC(=C=C(OOCC)[C@@H](C)c1ccccc1)OOCC. The van der Waals surface area contributed by atoms with Crippen molar-refractivity contribution >= 4 is 0 Å². The van der Waals surface area contributed by atoms with Gasteiger partial charge in [0.2, 0.25) is 5.76 Å². The molecule has 6 heteroatoms. The van der Waals surface area contributed by atoms with Crippen LogP contribution in [0.4, 0.5) is 0 Å². The standard InChI is InChI=1S/C18H26O6/c1-5-19-22-14-17(23-20-6-2)13-18(24-21-7-3)15(4)16-11-9-8-10-12-16/h8-12,15H,5-7,14H2,1-4H3/t13?,15-/m0/s1. The lowest BCUT2D eigenvalue weighted by Gasteiger charge is -2.14. The Morgan fingerprint density at radius 3 is 2.12 bits per heavy atom. The molecule has 134 valence electrons. The minimum absolute atomic E-state index is 0.0360. The van der Waals surface area contributed by atoms with Crippen molar-refractivity contribution in [3.05, 3.63) is 53.1 Å². The van der Waals surface area contributed by atoms with E-state index in [9.17, 15) is 0 Å². The van der Waals surface area contributed by atoms with Crippen molar-refractivity contribution in [2.75, 3.05) is 26.4 Å². The van der Waals surface area contributed by atoms with Crippen LogP contribution in [-0.4, -0.2) is 26.4 Å². The third kappa shape index (κ3) is 7.64. The molecule has 0 amide bonds. The number of rotatable bonds is 12. The van der Waals surface area contributed by atoms with Crippen molar-refractivity contribution in [2.45, 2.75) is 33.6 Å². The van der Waals surface area contributed by atoms with Gasteiger partial charge in [-0.3, -0.25) is 0 Å². The quantitative estimate of drug-likeness (QED) is 0.188. The van der Waals surface area contributed by atoms with E-state index in [0.29, 0.717) is 31.3 Å². The molecule has 1 atom stereocenters. The highest BCUT2D eigenvalue weighted by Crippen LogP contribution is 2.24. The van der Waals surface area contributed by atoms with E-state index in [0.717, 1.165) is 5.56 Å². The molecule has 1 aromatic carbocycles. The third-order valence-corrected chi connectivity index (χ3v) is 2.89. The fraction of sp³-hybridized carbons (Fsp3) is 0.500. The maximum Gasteiger partial charge on any atom is 0.216 e. The molecule has 0 spiro atoms. The molecule has 1 aromatic rings. The molecule has 24 heavy (non-hydrogen) atoms. The summed E-state index contributed by atoms with van der Waals surface area (Å²) >= 11 is 0. The Hall–Kier alpha value is -1.82. The molecule has 0 saturated heterocycles. The van der Waals surface area contributed by atoms with Gasteiger partial charge in [0.25, 0.3) is 0 Å². The Labute approximate surface area is 143 Å². The summed E-state index contributed by atoms with van der Waals surface area (Å²) in [6.45, 7) is 8.71. The average molecular weight is 338 g/mol. The summed E-state index contributed by atoms with van der Waals surface area (Å²) in [5, 5.41) is 0. The highest BCUT2D eigenvalue weighted by molar-refractivity contribution is 5.25. The minimum Gasteiger partial charge on any atom is -0.333 e. The molecule has 0 N–H and O–H groups in total. The summed E-state index contributed by atoms with van der Waals surface area (Å²) in [6.07, 6.45) is 0. The van der Waals surface area contributed by atoms with E-state index < -0.39 is 0 Å². The molecule has 6 nitrogen and oxygen atoms in total. The maximum absolute atomic E-state index is 5.38. The van der Waals surface area contributed by atoms with Gasteiger partial charge in [0, 0.05) is 0 Å². The van der Waals surface area contributed by atoms with E-state index >= 15 is 0 Å². The van der Waals surface area contributed by atoms with Crippen LogP contribution < -0.4 is 0 Å². The molecule has 1 rings (SSSR count). The van der Waals surface area contributed by atoms with E-state index in [2.05, 4.69) is 5.73 Å². The van der Waals surface area contributed by atoms with Gasteiger partial charge in [-0.1, -0.05) is 37.3 Å². The van der Waals surface area contributed by atoms with E-state index in [-0.39, 0.29) is 12.5 Å². The summed E-state index contributed by atoms with van der Waals surface area (Å²) in [7, 11) is 0. The van der Waals surface area contributed by atoms with Crippen molar-refractivity contribution in [1.82, 2.24) is 0 Å². The van der Waals surface area contributed by atoms with Crippen LogP contribution in [0, 0.1) is 0 Å². The van der Waals surface area contributed by atoms with Crippen LogP contribution in [0.25, 0.3) is 0 Å². The second-order valence-electron chi connectivity index (χ2n) is 4.69. The molecule has 0 bridgehead atoms. The van der Waals surface area contributed by atoms with Gasteiger partial charge >= 0.3 is 0 Å². The van der Waals surface area contributed by atoms with E-state index in [1.165, 1.54) is 0 Å². The largest absolute Gasteiger partial charge is 0.333 e. The first-order chi connectivity index (χ1) is 11.7. The molecule has 0 aliphatic rings. The first-order valence-electron chi connectivity index (χ1n) is 8.10. The molecule has 0 heterocycles. The smallest absolute Gasteiger partial charge is 0.216 e. The normalized spacial score (nSPS) is 11.5. The fourth-order valence-electron chi connectivity index (χ4n) is 1.74. The average Bonchev–Trinajstić information content (AvgIpc) is 2.62. The van der Waals surface area contributed by atoms with Gasteiger partial charge in [-0.2, -0.15) is 9.78 Å². The van der Waals surface area contributed by atoms with Crippen molar-refractivity contribution < 1.29 is 29.3 Å². The zero-order chi connectivity index (χ0) is 17.6. The van der Waals surface area contributed by atoms with Gasteiger partial charge in [-0.25, -0.2) is 9.78 Å².